The Labute approximate surface area is 331 Å². The lowest BCUT2D eigenvalue weighted by molar-refractivity contribution is 0.669. The highest BCUT2D eigenvalue weighted by molar-refractivity contribution is 7.25. The highest BCUT2D eigenvalue weighted by Crippen LogP contribution is 2.44. The molecule has 8 aromatic carbocycles. The molecule has 0 aliphatic rings. The number of rotatable bonds is 5. The van der Waals surface area contributed by atoms with E-state index in [1.165, 1.54) is 42.0 Å². The van der Waals surface area contributed by atoms with Crippen LogP contribution >= 0.6 is 11.3 Å². The minimum atomic E-state index is 0.680. The molecular weight excluding hydrogens is 715 g/mol. The van der Waals surface area contributed by atoms with Crippen LogP contribution in [0.5, 0.6) is 0 Å². The Morgan fingerprint density at radius 2 is 1.09 bits per heavy atom. The van der Waals surface area contributed by atoms with Crippen LogP contribution in [0, 0.1) is 0 Å². The molecule has 0 spiro atoms. The molecule has 266 valence electrons. The summed E-state index contributed by atoms with van der Waals surface area (Å²) >= 11 is 1.86. The number of aromatic nitrogens is 3. The molecule has 4 aromatic heterocycles. The van der Waals surface area contributed by atoms with Crippen molar-refractivity contribution in [1.29, 1.82) is 0 Å². The van der Waals surface area contributed by atoms with Crippen LogP contribution in [0.25, 0.3) is 115 Å². The van der Waals surface area contributed by atoms with E-state index >= 15 is 0 Å². The Balaban J connectivity index is 1.12. The van der Waals surface area contributed by atoms with E-state index in [4.69, 9.17) is 14.4 Å². The summed E-state index contributed by atoms with van der Waals surface area (Å²) in [6.45, 7) is 0. The molecule has 4 nitrogen and oxygen atoms in total. The van der Waals surface area contributed by atoms with Gasteiger partial charge >= 0.3 is 0 Å². The number of fused-ring (bicyclic) bond motifs is 9. The molecule has 0 radical (unpaired) electrons. The van der Waals surface area contributed by atoms with Crippen molar-refractivity contribution in [1.82, 2.24) is 14.5 Å². The van der Waals surface area contributed by atoms with Crippen molar-refractivity contribution in [3.8, 4) is 50.7 Å². The van der Waals surface area contributed by atoms with Gasteiger partial charge in [0.1, 0.15) is 11.2 Å². The van der Waals surface area contributed by atoms with E-state index in [0.717, 1.165) is 66.8 Å². The molecule has 4 heterocycles. The van der Waals surface area contributed by atoms with Crippen molar-refractivity contribution in [2.75, 3.05) is 0 Å². The van der Waals surface area contributed by atoms with Crippen molar-refractivity contribution in [2.45, 2.75) is 0 Å². The lowest BCUT2D eigenvalue weighted by Crippen LogP contribution is -1.96. The SMILES string of the molecule is c1ccc(-c2cc(-c3cc(-c4ccccc4)nc(-c4ccccc4)n3)c3c(c2)oc2cc(-n4c5ccccc5c5cc6sc7ccccc7c6cc54)ccc23)cc1. The van der Waals surface area contributed by atoms with Crippen molar-refractivity contribution < 1.29 is 4.42 Å². The van der Waals surface area contributed by atoms with Crippen LogP contribution in [0.15, 0.2) is 192 Å². The molecule has 0 fully saturated rings. The molecule has 0 unspecified atom stereocenters. The summed E-state index contributed by atoms with van der Waals surface area (Å²) in [7, 11) is 0. The van der Waals surface area contributed by atoms with Crippen LogP contribution in [-0.4, -0.2) is 14.5 Å². The molecule has 12 aromatic rings. The highest BCUT2D eigenvalue weighted by Gasteiger charge is 2.21. The predicted molar refractivity (Wildman–Crippen MR) is 238 cm³/mol. The van der Waals surface area contributed by atoms with Gasteiger partial charge in [-0.1, -0.05) is 127 Å². The van der Waals surface area contributed by atoms with Gasteiger partial charge in [0, 0.05) is 70.2 Å². The molecule has 5 heteroatoms. The van der Waals surface area contributed by atoms with Crippen molar-refractivity contribution in [2.24, 2.45) is 0 Å². The summed E-state index contributed by atoms with van der Waals surface area (Å²) in [5.74, 6) is 0.680. The number of hydrogen-bond acceptors (Lipinski definition) is 4. The van der Waals surface area contributed by atoms with Gasteiger partial charge in [-0.25, -0.2) is 9.97 Å². The molecule has 0 aliphatic heterocycles. The highest BCUT2D eigenvalue weighted by atomic mass is 32.1. The second-order valence-corrected chi connectivity index (χ2v) is 15.6. The van der Waals surface area contributed by atoms with Gasteiger partial charge in [0.15, 0.2) is 5.82 Å². The molecule has 0 saturated carbocycles. The zero-order valence-corrected chi connectivity index (χ0v) is 31.4. The van der Waals surface area contributed by atoms with Gasteiger partial charge in [-0.15, -0.1) is 11.3 Å². The number of para-hydroxylation sites is 1. The summed E-state index contributed by atoms with van der Waals surface area (Å²) in [6, 6.07) is 66.4. The van der Waals surface area contributed by atoms with Gasteiger partial charge in [0.05, 0.1) is 22.4 Å². The van der Waals surface area contributed by atoms with Crippen LogP contribution in [-0.2, 0) is 0 Å². The largest absolute Gasteiger partial charge is 0.456 e. The molecule has 12 rings (SSSR count). The number of hydrogen-bond donors (Lipinski definition) is 0. The maximum absolute atomic E-state index is 6.93. The molecule has 0 saturated heterocycles. The lowest BCUT2D eigenvalue weighted by atomic mass is 9.96. The molecule has 0 bridgehead atoms. The van der Waals surface area contributed by atoms with E-state index in [1.807, 2.05) is 35.6 Å². The Bertz CT molecular complexity index is 3450. The van der Waals surface area contributed by atoms with Gasteiger partial charge in [-0.3, -0.25) is 0 Å². The quantitative estimate of drug-likeness (QED) is 0.176. The van der Waals surface area contributed by atoms with Crippen LogP contribution in [0.3, 0.4) is 0 Å². The number of thiophene rings is 1. The van der Waals surface area contributed by atoms with E-state index in [9.17, 15) is 0 Å². The maximum atomic E-state index is 6.93. The van der Waals surface area contributed by atoms with Gasteiger partial charge < -0.3 is 8.98 Å². The van der Waals surface area contributed by atoms with Gasteiger partial charge in [-0.2, -0.15) is 0 Å². The van der Waals surface area contributed by atoms with Gasteiger partial charge in [0.2, 0.25) is 0 Å². The fraction of sp³-hybridized carbons (Fsp3) is 0. The smallest absolute Gasteiger partial charge is 0.160 e. The normalized spacial score (nSPS) is 11.9. The molecule has 57 heavy (non-hydrogen) atoms. The average Bonchev–Trinajstić information content (AvgIpc) is 3.94. The van der Waals surface area contributed by atoms with E-state index < -0.39 is 0 Å². The first-order valence-corrected chi connectivity index (χ1v) is 20.0. The minimum Gasteiger partial charge on any atom is -0.456 e. The zero-order valence-electron chi connectivity index (χ0n) is 30.6. The van der Waals surface area contributed by atoms with Crippen molar-refractivity contribution >= 4 is 75.3 Å². The number of benzene rings is 8. The summed E-state index contributed by atoms with van der Waals surface area (Å²) in [5.41, 5.74) is 11.9. The second-order valence-electron chi connectivity index (χ2n) is 14.6. The Morgan fingerprint density at radius 3 is 1.89 bits per heavy atom. The Hall–Kier alpha value is -7.34. The molecular formula is C52H31N3OS. The molecule has 0 atom stereocenters. The second kappa shape index (κ2) is 12.6. The predicted octanol–water partition coefficient (Wildman–Crippen LogP) is 14.5. The van der Waals surface area contributed by atoms with E-state index in [1.54, 1.807) is 0 Å². The summed E-state index contributed by atoms with van der Waals surface area (Å²) in [4.78, 5) is 10.4. The topological polar surface area (TPSA) is 43.9 Å². The van der Waals surface area contributed by atoms with Crippen molar-refractivity contribution in [3.05, 3.63) is 188 Å². The standard InChI is InChI=1S/C52H31N3OS/c1-4-14-32(15-5-1)35-26-42(44-31-43(33-16-6-2-7-17-33)53-52(54-44)34-18-8-3-9-19-34)51-39-25-24-36(28-47(39)56-48(51)27-35)55-45-22-12-10-20-37(45)40-30-50-41(29-46(40)55)38-21-11-13-23-49(38)57-50/h1-31H. The van der Waals surface area contributed by atoms with E-state index in [-0.39, 0.29) is 0 Å². The fourth-order valence-electron chi connectivity index (χ4n) is 8.56. The zero-order chi connectivity index (χ0) is 37.5. The third-order valence-electron chi connectivity index (χ3n) is 11.2. The molecule has 0 aliphatic carbocycles. The third kappa shape index (κ3) is 5.13. The van der Waals surface area contributed by atoms with Crippen LogP contribution in [0.1, 0.15) is 0 Å². The summed E-state index contributed by atoms with van der Waals surface area (Å²) in [5, 5.41) is 7.12. The molecule has 0 amide bonds. The first-order chi connectivity index (χ1) is 28.2. The maximum Gasteiger partial charge on any atom is 0.160 e. The first kappa shape index (κ1) is 32.0. The fourth-order valence-corrected chi connectivity index (χ4v) is 9.68. The van der Waals surface area contributed by atoms with E-state index in [0.29, 0.717) is 5.82 Å². The third-order valence-corrected chi connectivity index (χ3v) is 12.3. The summed E-state index contributed by atoms with van der Waals surface area (Å²) in [6.07, 6.45) is 0. The van der Waals surface area contributed by atoms with Crippen molar-refractivity contribution in [3.63, 3.8) is 0 Å². The average molecular weight is 746 g/mol. The number of nitrogens with zero attached hydrogens (tertiary/aromatic N) is 3. The molecule has 0 N–H and O–H groups in total. The van der Waals surface area contributed by atoms with Crippen LogP contribution in [0.4, 0.5) is 0 Å². The number of furan rings is 1. The monoisotopic (exact) mass is 745 g/mol. The lowest BCUT2D eigenvalue weighted by Gasteiger charge is -2.12. The van der Waals surface area contributed by atoms with E-state index in [2.05, 4.69) is 168 Å². The van der Waals surface area contributed by atoms with Crippen LogP contribution < -0.4 is 0 Å². The first-order valence-electron chi connectivity index (χ1n) is 19.1. The summed E-state index contributed by atoms with van der Waals surface area (Å²) < 4.78 is 11.9. The minimum absolute atomic E-state index is 0.680. The van der Waals surface area contributed by atoms with Crippen LogP contribution in [0.2, 0.25) is 0 Å². The van der Waals surface area contributed by atoms with Gasteiger partial charge in [0.25, 0.3) is 0 Å². The van der Waals surface area contributed by atoms with Gasteiger partial charge in [-0.05, 0) is 65.7 Å². The Kier molecular flexibility index (Phi) is 7.06. The Morgan fingerprint density at radius 1 is 0.404 bits per heavy atom.